The fourth-order valence-electron chi connectivity index (χ4n) is 2.10. The van der Waals surface area contributed by atoms with Gasteiger partial charge in [-0.1, -0.05) is 0 Å². The molecule has 0 aliphatic carbocycles. The molecule has 1 fully saturated rings. The molecule has 1 aliphatic rings. The van der Waals surface area contributed by atoms with Gasteiger partial charge in [-0.25, -0.2) is 17.2 Å². The molecule has 10 heteroatoms. The molecule has 0 unspecified atom stereocenters. The van der Waals surface area contributed by atoms with Gasteiger partial charge in [-0.3, -0.25) is 4.79 Å². The lowest BCUT2D eigenvalue weighted by atomic mass is 10.3. The van der Waals surface area contributed by atoms with Crippen LogP contribution in [-0.2, 0) is 10.0 Å². The molecule has 6 nitrogen and oxygen atoms in total. The van der Waals surface area contributed by atoms with Crippen LogP contribution in [0.15, 0.2) is 16.3 Å². The van der Waals surface area contributed by atoms with Crippen LogP contribution >= 0.6 is 11.3 Å². The molecule has 22 heavy (non-hydrogen) atoms. The summed E-state index contributed by atoms with van der Waals surface area (Å²) < 4.78 is 52.4. The second kappa shape index (κ2) is 6.57. The van der Waals surface area contributed by atoms with E-state index in [0.29, 0.717) is 13.1 Å². The smallest absolute Gasteiger partial charge is 0.277 e. The number of thiophene rings is 1. The molecule has 0 spiro atoms. The third kappa shape index (κ3) is 3.62. The number of hydrogen-bond acceptors (Lipinski definition) is 5. The molecule has 1 aromatic heterocycles. The summed E-state index contributed by atoms with van der Waals surface area (Å²) in [5, 5.41) is 3.50. The highest BCUT2D eigenvalue weighted by molar-refractivity contribution is 7.89. The first-order valence-corrected chi connectivity index (χ1v) is 9.04. The van der Waals surface area contributed by atoms with Crippen molar-refractivity contribution in [3.63, 3.8) is 0 Å². The standard InChI is InChI=1S/C12H17F2N3O3S2/c13-12(14,7-15)8-16-11(18)10-9(3-6-21-10)22(19,20)17-4-1-2-5-17/h3,6H,1-2,4-5,7-8,15H2,(H,16,18). The topological polar surface area (TPSA) is 92.5 Å². The van der Waals surface area contributed by atoms with Crippen molar-refractivity contribution in [2.45, 2.75) is 23.7 Å². The number of amides is 1. The molecule has 1 aromatic rings. The summed E-state index contributed by atoms with van der Waals surface area (Å²) in [6.45, 7) is -1.00. The number of carbonyl (C=O) groups is 1. The van der Waals surface area contributed by atoms with Gasteiger partial charge < -0.3 is 11.1 Å². The predicted molar refractivity (Wildman–Crippen MR) is 78.6 cm³/mol. The Kier molecular flexibility index (Phi) is 5.15. The maximum absolute atomic E-state index is 13.1. The lowest BCUT2D eigenvalue weighted by Gasteiger charge is -2.17. The molecule has 0 radical (unpaired) electrons. The van der Waals surface area contributed by atoms with E-state index in [1.54, 1.807) is 0 Å². The Balaban J connectivity index is 2.17. The van der Waals surface area contributed by atoms with Crippen molar-refractivity contribution in [2.75, 3.05) is 26.2 Å². The minimum atomic E-state index is -3.76. The summed E-state index contributed by atoms with van der Waals surface area (Å²) in [4.78, 5) is 11.8. The van der Waals surface area contributed by atoms with Crippen LogP contribution in [0.5, 0.6) is 0 Å². The lowest BCUT2D eigenvalue weighted by molar-refractivity contribution is 0.0119. The van der Waals surface area contributed by atoms with Gasteiger partial charge in [0.15, 0.2) is 0 Å². The zero-order chi connectivity index (χ0) is 16.4. The van der Waals surface area contributed by atoms with Gasteiger partial charge in [0, 0.05) is 13.1 Å². The molecule has 0 saturated carbocycles. The minimum absolute atomic E-state index is 0.0836. The Morgan fingerprint density at radius 3 is 2.64 bits per heavy atom. The predicted octanol–water partition coefficient (Wildman–Crippen LogP) is 0.856. The van der Waals surface area contributed by atoms with Crippen LogP contribution < -0.4 is 11.1 Å². The van der Waals surface area contributed by atoms with E-state index in [9.17, 15) is 22.0 Å². The number of alkyl halides is 2. The summed E-state index contributed by atoms with van der Waals surface area (Å²) in [7, 11) is -3.76. The van der Waals surface area contributed by atoms with E-state index >= 15 is 0 Å². The van der Waals surface area contributed by atoms with E-state index in [0.717, 1.165) is 24.2 Å². The van der Waals surface area contributed by atoms with Gasteiger partial charge in [0.1, 0.15) is 9.77 Å². The second-order valence-corrected chi connectivity index (χ2v) is 7.79. The monoisotopic (exact) mass is 353 g/mol. The maximum Gasteiger partial charge on any atom is 0.277 e. The van der Waals surface area contributed by atoms with Gasteiger partial charge in [0.05, 0.1) is 13.1 Å². The average molecular weight is 353 g/mol. The third-order valence-electron chi connectivity index (χ3n) is 3.32. The number of hydrogen-bond donors (Lipinski definition) is 2. The Bertz CT molecular complexity index is 640. The van der Waals surface area contributed by atoms with Crippen molar-refractivity contribution in [1.29, 1.82) is 0 Å². The Labute approximate surface area is 131 Å². The van der Waals surface area contributed by atoms with E-state index in [2.05, 4.69) is 0 Å². The number of rotatable bonds is 6. The second-order valence-electron chi connectivity index (χ2n) is 4.97. The summed E-state index contributed by atoms with van der Waals surface area (Å²) in [6.07, 6.45) is 1.54. The molecular formula is C12H17F2N3O3S2. The number of sulfonamides is 1. The molecule has 0 bridgehead atoms. The zero-order valence-corrected chi connectivity index (χ0v) is 13.4. The number of carbonyl (C=O) groups excluding carboxylic acids is 1. The first kappa shape index (κ1) is 17.3. The van der Waals surface area contributed by atoms with E-state index in [4.69, 9.17) is 5.73 Å². The summed E-state index contributed by atoms with van der Waals surface area (Å²) >= 11 is 0.907. The number of nitrogens with zero attached hydrogens (tertiary/aromatic N) is 1. The van der Waals surface area contributed by atoms with Gasteiger partial charge in [0.2, 0.25) is 10.0 Å². The molecule has 1 aliphatic heterocycles. The lowest BCUT2D eigenvalue weighted by Crippen LogP contribution is -2.41. The molecule has 0 atom stereocenters. The van der Waals surface area contributed by atoms with Gasteiger partial charge in [-0.15, -0.1) is 11.3 Å². The summed E-state index contributed by atoms with van der Waals surface area (Å²) in [5.74, 6) is -4.05. The van der Waals surface area contributed by atoms with Gasteiger partial charge in [-0.05, 0) is 24.3 Å². The Morgan fingerprint density at radius 2 is 2.05 bits per heavy atom. The largest absolute Gasteiger partial charge is 0.345 e. The van der Waals surface area contributed by atoms with Crippen LogP contribution in [-0.4, -0.2) is 50.7 Å². The van der Waals surface area contributed by atoms with Crippen LogP contribution in [0.3, 0.4) is 0 Å². The summed E-state index contributed by atoms with van der Waals surface area (Å²) in [5.41, 5.74) is 4.89. The fourth-order valence-corrected chi connectivity index (χ4v) is 4.93. The molecule has 2 rings (SSSR count). The molecule has 1 saturated heterocycles. The van der Waals surface area contributed by atoms with Crippen molar-refractivity contribution < 1.29 is 22.0 Å². The molecule has 0 aromatic carbocycles. The van der Waals surface area contributed by atoms with E-state index in [1.807, 2.05) is 5.32 Å². The van der Waals surface area contributed by atoms with Gasteiger partial charge in [0.25, 0.3) is 11.8 Å². The number of nitrogens with one attached hydrogen (secondary N) is 1. The molecule has 124 valence electrons. The molecule has 3 N–H and O–H groups in total. The van der Waals surface area contributed by atoms with Gasteiger partial charge >= 0.3 is 0 Å². The van der Waals surface area contributed by atoms with Crippen molar-refractivity contribution >= 4 is 27.3 Å². The highest BCUT2D eigenvalue weighted by atomic mass is 32.2. The highest BCUT2D eigenvalue weighted by Gasteiger charge is 2.33. The average Bonchev–Trinajstić information content (AvgIpc) is 3.15. The zero-order valence-electron chi connectivity index (χ0n) is 11.7. The molecule has 2 heterocycles. The maximum atomic E-state index is 13.1. The quantitative estimate of drug-likeness (QED) is 0.793. The number of nitrogens with two attached hydrogens (primary N) is 1. The summed E-state index contributed by atoms with van der Waals surface area (Å²) in [6, 6.07) is 1.33. The van der Waals surface area contributed by atoms with E-state index < -0.39 is 34.9 Å². The van der Waals surface area contributed by atoms with Gasteiger partial charge in [-0.2, -0.15) is 4.31 Å². The van der Waals surface area contributed by atoms with E-state index in [1.165, 1.54) is 15.8 Å². The minimum Gasteiger partial charge on any atom is -0.345 e. The van der Waals surface area contributed by atoms with Crippen LogP contribution in [0.25, 0.3) is 0 Å². The van der Waals surface area contributed by atoms with Crippen LogP contribution in [0.4, 0.5) is 8.78 Å². The van der Waals surface area contributed by atoms with Crippen LogP contribution in [0.1, 0.15) is 22.5 Å². The first-order chi connectivity index (χ1) is 10.3. The van der Waals surface area contributed by atoms with Crippen molar-refractivity contribution in [2.24, 2.45) is 5.73 Å². The van der Waals surface area contributed by atoms with Crippen molar-refractivity contribution in [3.05, 3.63) is 16.3 Å². The fraction of sp³-hybridized carbons (Fsp3) is 0.583. The van der Waals surface area contributed by atoms with E-state index in [-0.39, 0.29) is 9.77 Å². The third-order valence-corrected chi connectivity index (χ3v) is 6.31. The highest BCUT2D eigenvalue weighted by Crippen LogP contribution is 2.27. The van der Waals surface area contributed by atoms with Crippen molar-refractivity contribution in [3.8, 4) is 0 Å². The molecule has 1 amide bonds. The Morgan fingerprint density at radius 1 is 1.41 bits per heavy atom. The normalized spacial score (nSPS) is 16.9. The van der Waals surface area contributed by atoms with Crippen LogP contribution in [0.2, 0.25) is 0 Å². The SMILES string of the molecule is NCC(F)(F)CNC(=O)c1sccc1S(=O)(=O)N1CCCC1. The number of halogens is 2. The van der Waals surface area contributed by atoms with Crippen LogP contribution in [0, 0.1) is 0 Å². The Hall–Kier alpha value is -1.10. The first-order valence-electron chi connectivity index (χ1n) is 6.72. The molecular weight excluding hydrogens is 336 g/mol. The van der Waals surface area contributed by atoms with Crippen molar-refractivity contribution in [1.82, 2.24) is 9.62 Å².